The van der Waals surface area contributed by atoms with Crippen LogP contribution in [0.25, 0.3) is 77.2 Å². The Hall–Kier alpha value is -8.84. The smallest absolute Gasteiger partial charge is 0.0619 e. The highest BCUT2D eigenvalue weighted by Gasteiger charge is 2.56. The maximum Gasteiger partial charge on any atom is 0.0725 e. The predicted molar refractivity (Wildman–Crippen MR) is 291 cm³/mol. The molecular formula is C71H42. The molecule has 0 amide bonds. The van der Waals surface area contributed by atoms with Crippen LogP contribution in [0, 0.1) is 0 Å². The standard InChI is InChI=1S/C71H42/c1-3-19-47-43(17-1)33-39-63-67(47)55-25-9-15-31-61(55)70(63)59-29-13-7-23-51(59)53-37-35-45(41-65(53)70)69(57-27-11-5-21-49(57)50-22-6-12-28-58(50)69)46-36-38-54-52-24-8-14-30-60(52)71(66(54)42-46)62-32-16-10-26-56(62)68-48-20-4-2-18-44(48)34-40-64(68)71/h1-42H. The summed E-state index contributed by atoms with van der Waals surface area (Å²) in [5, 5.41) is 5.16. The predicted octanol–water partition coefficient (Wildman–Crippen LogP) is 17.0. The molecule has 71 heavy (non-hydrogen) atoms. The average Bonchev–Trinajstić information content (AvgIpc) is 4.19. The Balaban J connectivity index is 0.998. The van der Waals surface area contributed by atoms with Gasteiger partial charge in [-0.3, -0.25) is 0 Å². The van der Waals surface area contributed by atoms with Crippen molar-refractivity contribution in [2.45, 2.75) is 16.2 Å². The Morgan fingerprint density at radius 2 is 0.479 bits per heavy atom. The van der Waals surface area contributed by atoms with E-state index in [0.717, 1.165) is 0 Å². The van der Waals surface area contributed by atoms with Crippen LogP contribution in [0.2, 0.25) is 0 Å². The Bertz CT molecular complexity index is 4090. The van der Waals surface area contributed by atoms with Crippen molar-refractivity contribution in [1.82, 2.24) is 0 Å². The van der Waals surface area contributed by atoms with Gasteiger partial charge in [0.25, 0.3) is 0 Å². The van der Waals surface area contributed by atoms with Gasteiger partial charge >= 0.3 is 0 Å². The molecule has 0 saturated heterocycles. The van der Waals surface area contributed by atoms with Crippen LogP contribution >= 0.6 is 0 Å². The van der Waals surface area contributed by atoms with Crippen molar-refractivity contribution in [3.8, 4) is 55.6 Å². The minimum absolute atomic E-state index is 0.513. The first-order valence-corrected chi connectivity index (χ1v) is 25.2. The monoisotopic (exact) mass is 894 g/mol. The molecule has 0 N–H and O–H groups in total. The van der Waals surface area contributed by atoms with Gasteiger partial charge in [-0.05, 0) is 144 Å². The first-order chi connectivity index (χ1) is 35.2. The number of hydrogen-bond donors (Lipinski definition) is 0. The van der Waals surface area contributed by atoms with E-state index < -0.39 is 16.2 Å². The van der Waals surface area contributed by atoms with Crippen LogP contribution in [0.1, 0.15) is 66.8 Å². The molecule has 0 bridgehead atoms. The summed E-state index contributed by atoms with van der Waals surface area (Å²) in [7, 11) is 0. The Labute approximate surface area is 412 Å². The number of benzene rings is 12. The summed E-state index contributed by atoms with van der Waals surface area (Å²) in [6, 6.07) is 98.3. The lowest BCUT2D eigenvalue weighted by Crippen LogP contribution is -2.31. The van der Waals surface area contributed by atoms with Crippen LogP contribution in [0.5, 0.6) is 0 Å². The fraction of sp³-hybridized carbons (Fsp3) is 0.0423. The van der Waals surface area contributed by atoms with Gasteiger partial charge in [0.1, 0.15) is 0 Å². The van der Waals surface area contributed by atoms with Crippen LogP contribution in [0.3, 0.4) is 0 Å². The summed E-state index contributed by atoms with van der Waals surface area (Å²) in [6.45, 7) is 0. The third-order valence-corrected chi connectivity index (χ3v) is 17.8. The van der Waals surface area contributed by atoms with Gasteiger partial charge in [0.15, 0.2) is 0 Å². The van der Waals surface area contributed by atoms with Gasteiger partial charge in [0, 0.05) is 0 Å². The van der Waals surface area contributed by atoms with Crippen molar-refractivity contribution in [1.29, 1.82) is 0 Å². The molecule has 0 heterocycles. The topological polar surface area (TPSA) is 0 Å². The van der Waals surface area contributed by atoms with Crippen LogP contribution in [0.15, 0.2) is 255 Å². The molecule has 12 aromatic rings. The van der Waals surface area contributed by atoms with E-state index in [2.05, 4.69) is 255 Å². The molecule has 5 aliphatic carbocycles. The van der Waals surface area contributed by atoms with Gasteiger partial charge in [-0.2, -0.15) is 0 Å². The second kappa shape index (κ2) is 13.3. The Morgan fingerprint density at radius 3 is 0.873 bits per heavy atom. The maximum atomic E-state index is 2.65. The van der Waals surface area contributed by atoms with E-state index in [1.54, 1.807) is 0 Å². The fourth-order valence-electron chi connectivity index (χ4n) is 15.3. The summed E-state index contributed by atoms with van der Waals surface area (Å²) in [5.74, 6) is 0. The first-order valence-electron chi connectivity index (χ1n) is 25.2. The molecule has 0 saturated carbocycles. The second-order valence-corrected chi connectivity index (χ2v) is 20.5. The highest BCUT2D eigenvalue weighted by atomic mass is 14.6. The van der Waals surface area contributed by atoms with Gasteiger partial charge in [-0.15, -0.1) is 0 Å². The number of fused-ring (bicyclic) bond motifs is 27. The quantitative estimate of drug-likeness (QED) is 0.162. The minimum Gasteiger partial charge on any atom is -0.0619 e. The zero-order valence-electron chi connectivity index (χ0n) is 38.7. The summed E-state index contributed by atoms with van der Waals surface area (Å²) < 4.78 is 0. The van der Waals surface area contributed by atoms with Gasteiger partial charge < -0.3 is 0 Å². The van der Waals surface area contributed by atoms with Crippen LogP contribution in [-0.4, -0.2) is 0 Å². The van der Waals surface area contributed by atoms with E-state index in [1.165, 1.54) is 144 Å². The second-order valence-electron chi connectivity index (χ2n) is 20.5. The lowest BCUT2D eigenvalue weighted by atomic mass is 9.64. The SMILES string of the molecule is c1ccc2c(c1)-c1ccccc1C2(c1ccc2c(c1)C1(c3ccccc3-2)c2ccccc2-c2c1ccc1ccccc21)c1ccc2c(c1)C1(c3ccccc3-2)c2ccccc2-c2c1ccc1ccccc21. The summed E-state index contributed by atoms with van der Waals surface area (Å²) in [5.41, 5.74) is 27.6. The fourth-order valence-corrected chi connectivity index (χ4v) is 15.3. The van der Waals surface area contributed by atoms with Gasteiger partial charge in [0.2, 0.25) is 0 Å². The van der Waals surface area contributed by atoms with Crippen molar-refractivity contribution in [2.24, 2.45) is 0 Å². The summed E-state index contributed by atoms with van der Waals surface area (Å²) >= 11 is 0. The lowest BCUT2D eigenvalue weighted by Gasteiger charge is -2.37. The van der Waals surface area contributed by atoms with Crippen molar-refractivity contribution in [2.75, 3.05) is 0 Å². The van der Waals surface area contributed by atoms with E-state index in [0.29, 0.717) is 0 Å². The van der Waals surface area contributed by atoms with Gasteiger partial charge in [0.05, 0.1) is 16.2 Å². The molecule has 2 unspecified atom stereocenters. The average molecular weight is 895 g/mol. The van der Waals surface area contributed by atoms with Crippen LogP contribution < -0.4 is 0 Å². The van der Waals surface area contributed by atoms with Gasteiger partial charge in [-0.25, -0.2) is 0 Å². The Morgan fingerprint density at radius 1 is 0.183 bits per heavy atom. The Kier molecular flexibility index (Phi) is 7.11. The van der Waals surface area contributed by atoms with Crippen molar-refractivity contribution >= 4 is 21.5 Å². The zero-order valence-corrected chi connectivity index (χ0v) is 38.7. The molecular weight excluding hydrogens is 853 g/mol. The largest absolute Gasteiger partial charge is 0.0725 e. The molecule has 0 aliphatic heterocycles. The molecule has 2 atom stereocenters. The third-order valence-electron chi connectivity index (χ3n) is 17.8. The molecule has 0 aromatic heterocycles. The van der Waals surface area contributed by atoms with E-state index >= 15 is 0 Å². The highest BCUT2D eigenvalue weighted by Crippen LogP contribution is 2.68. The molecule has 0 nitrogen and oxygen atoms in total. The molecule has 5 aliphatic rings. The normalized spacial score (nSPS) is 18.1. The van der Waals surface area contributed by atoms with Gasteiger partial charge in [-0.1, -0.05) is 255 Å². The molecule has 0 radical (unpaired) electrons. The van der Waals surface area contributed by atoms with Crippen LogP contribution in [0.4, 0.5) is 0 Å². The van der Waals surface area contributed by atoms with Crippen molar-refractivity contribution < 1.29 is 0 Å². The summed E-state index contributed by atoms with van der Waals surface area (Å²) in [4.78, 5) is 0. The highest BCUT2D eigenvalue weighted by molar-refractivity contribution is 6.08. The molecule has 12 aromatic carbocycles. The maximum absolute atomic E-state index is 2.65. The lowest BCUT2D eigenvalue weighted by molar-refractivity contribution is 0.742. The molecule has 2 spiro atoms. The third kappa shape index (κ3) is 4.30. The molecule has 17 rings (SSSR count). The number of rotatable bonds is 2. The first kappa shape index (κ1) is 38.1. The zero-order chi connectivity index (χ0) is 46.2. The van der Waals surface area contributed by atoms with E-state index in [-0.39, 0.29) is 0 Å². The minimum atomic E-state index is -0.655. The summed E-state index contributed by atoms with van der Waals surface area (Å²) in [6.07, 6.45) is 0. The van der Waals surface area contributed by atoms with Crippen LogP contribution in [-0.2, 0) is 16.2 Å². The molecule has 326 valence electrons. The van der Waals surface area contributed by atoms with Crippen molar-refractivity contribution in [3.63, 3.8) is 0 Å². The van der Waals surface area contributed by atoms with E-state index in [9.17, 15) is 0 Å². The number of hydrogen-bond acceptors (Lipinski definition) is 0. The van der Waals surface area contributed by atoms with Crippen molar-refractivity contribution in [3.05, 3.63) is 322 Å². The molecule has 0 heteroatoms. The van der Waals surface area contributed by atoms with E-state index in [1.807, 2.05) is 0 Å². The molecule has 0 fully saturated rings. The van der Waals surface area contributed by atoms with E-state index in [4.69, 9.17) is 0 Å².